The molecule has 11 nitrogen and oxygen atoms in total. The molecule has 1 N–H and O–H groups in total. The van der Waals surface area contributed by atoms with Crippen molar-refractivity contribution < 1.29 is 33.5 Å². The number of benzene rings is 2. The maximum atomic E-state index is 12.7. The molecule has 3 rings (SSSR count). The van der Waals surface area contributed by atoms with Crippen LogP contribution in [0.2, 0.25) is 0 Å². The summed E-state index contributed by atoms with van der Waals surface area (Å²) >= 11 is 0. The van der Waals surface area contributed by atoms with Crippen molar-refractivity contribution in [2.45, 2.75) is 0 Å². The summed E-state index contributed by atoms with van der Waals surface area (Å²) in [5.74, 6) is -0.517. The number of morpholine rings is 1. The Kier molecular flexibility index (Phi) is 7.45. The molecule has 2 aromatic rings. The number of hydrogen-bond donors (Lipinski definition) is 1. The third-order valence-corrected chi connectivity index (χ3v) is 4.78. The predicted octanol–water partition coefficient (Wildman–Crippen LogP) is 2.24. The fourth-order valence-electron chi connectivity index (χ4n) is 3.18. The van der Waals surface area contributed by atoms with Crippen molar-refractivity contribution in [3.8, 4) is 11.5 Å². The zero-order valence-corrected chi connectivity index (χ0v) is 17.7. The summed E-state index contributed by atoms with van der Waals surface area (Å²) in [6.45, 7) is 1.40. The number of ether oxygens (including phenoxy) is 4. The first-order chi connectivity index (χ1) is 15.4. The Morgan fingerprint density at radius 2 is 1.88 bits per heavy atom. The van der Waals surface area contributed by atoms with E-state index in [2.05, 4.69) is 5.32 Å². The van der Waals surface area contributed by atoms with Gasteiger partial charge in [-0.2, -0.15) is 0 Å². The number of amides is 1. The smallest absolute Gasteiger partial charge is 0.341 e. The van der Waals surface area contributed by atoms with Gasteiger partial charge in [-0.25, -0.2) is 4.79 Å². The van der Waals surface area contributed by atoms with Gasteiger partial charge in [-0.1, -0.05) is 0 Å². The largest absolute Gasteiger partial charge is 0.497 e. The van der Waals surface area contributed by atoms with Gasteiger partial charge >= 0.3 is 5.97 Å². The van der Waals surface area contributed by atoms with Gasteiger partial charge in [-0.05, 0) is 18.2 Å². The molecule has 0 saturated carbocycles. The van der Waals surface area contributed by atoms with E-state index in [0.717, 1.165) is 6.07 Å². The van der Waals surface area contributed by atoms with Gasteiger partial charge in [0.05, 0.1) is 49.3 Å². The average molecular weight is 445 g/mol. The molecule has 1 aliphatic heterocycles. The lowest BCUT2D eigenvalue weighted by molar-refractivity contribution is -0.384. The number of carbonyl (C=O) groups excluding carboxylic acids is 2. The number of non-ortho nitro benzene ring substituents is 1. The summed E-state index contributed by atoms with van der Waals surface area (Å²) < 4.78 is 20.8. The number of nitro benzene ring substituents is 1. The van der Waals surface area contributed by atoms with Gasteiger partial charge in [-0.3, -0.25) is 14.9 Å². The molecule has 0 bridgehead atoms. The van der Waals surface area contributed by atoms with Crippen molar-refractivity contribution >= 4 is 28.9 Å². The van der Waals surface area contributed by atoms with Gasteiger partial charge in [-0.15, -0.1) is 0 Å². The zero-order valence-electron chi connectivity index (χ0n) is 17.7. The molecule has 1 aliphatic rings. The Hall–Kier alpha value is -3.86. The number of carbonyl (C=O) groups is 2. The normalized spacial score (nSPS) is 13.2. The van der Waals surface area contributed by atoms with Gasteiger partial charge in [0, 0.05) is 31.3 Å². The molecular formula is C21H23N3O8. The first-order valence-corrected chi connectivity index (χ1v) is 9.73. The number of esters is 1. The molecular weight excluding hydrogens is 422 g/mol. The highest BCUT2D eigenvalue weighted by atomic mass is 16.6. The minimum atomic E-state index is -0.841. The Morgan fingerprint density at radius 3 is 2.53 bits per heavy atom. The number of hydrogen-bond acceptors (Lipinski definition) is 9. The van der Waals surface area contributed by atoms with Crippen molar-refractivity contribution in [1.82, 2.24) is 0 Å². The molecule has 1 fully saturated rings. The van der Waals surface area contributed by atoms with E-state index in [1.54, 1.807) is 18.2 Å². The monoisotopic (exact) mass is 445 g/mol. The molecule has 0 aliphatic carbocycles. The number of anilines is 2. The second-order valence-corrected chi connectivity index (χ2v) is 6.75. The summed E-state index contributed by atoms with van der Waals surface area (Å²) in [5, 5.41) is 13.8. The second-order valence-electron chi connectivity index (χ2n) is 6.75. The van der Waals surface area contributed by atoms with Gasteiger partial charge < -0.3 is 29.2 Å². The SMILES string of the molecule is COc1ccc(NC(=O)COC(=O)c2cc([N+](=O)[O-])ccc2N2CCOCC2)c(OC)c1. The molecule has 0 unspecified atom stereocenters. The number of methoxy groups -OCH3 is 2. The van der Waals surface area contributed by atoms with Crippen LogP contribution in [0.4, 0.5) is 17.1 Å². The molecule has 170 valence electrons. The van der Waals surface area contributed by atoms with Crippen molar-refractivity contribution in [2.24, 2.45) is 0 Å². The number of nitrogens with one attached hydrogen (secondary N) is 1. The minimum absolute atomic E-state index is 0.0101. The highest BCUT2D eigenvalue weighted by Gasteiger charge is 2.23. The van der Waals surface area contributed by atoms with Gasteiger partial charge in [0.15, 0.2) is 6.61 Å². The van der Waals surface area contributed by atoms with E-state index in [1.807, 2.05) is 4.90 Å². The third-order valence-electron chi connectivity index (χ3n) is 4.78. The summed E-state index contributed by atoms with van der Waals surface area (Å²) in [5.41, 5.74) is 0.622. The van der Waals surface area contributed by atoms with Crippen LogP contribution < -0.4 is 19.7 Å². The van der Waals surface area contributed by atoms with E-state index in [1.165, 1.54) is 26.4 Å². The van der Waals surface area contributed by atoms with E-state index in [-0.39, 0.29) is 11.3 Å². The fraction of sp³-hybridized carbons (Fsp3) is 0.333. The van der Waals surface area contributed by atoms with Gasteiger partial charge in [0.25, 0.3) is 11.6 Å². The molecule has 1 saturated heterocycles. The lowest BCUT2D eigenvalue weighted by Gasteiger charge is -2.30. The molecule has 0 radical (unpaired) electrons. The van der Waals surface area contributed by atoms with Crippen LogP contribution in [0.1, 0.15) is 10.4 Å². The first-order valence-electron chi connectivity index (χ1n) is 9.73. The number of nitrogens with zero attached hydrogens (tertiary/aromatic N) is 2. The van der Waals surface area contributed by atoms with Gasteiger partial charge in [0.2, 0.25) is 0 Å². The van der Waals surface area contributed by atoms with Gasteiger partial charge in [0.1, 0.15) is 11.5 Å². The van der Waals surface area contributed by atoms with E-state index in [4.69, 9.17) is 18.9 Å². The maximum absolute atomic E-state index is 12.7. The Bertz CT molecular complexity index is 1000. The van der Waals surface area contributed by atoms with Crippen molar-refractivity contribution in [1.29, 1.82) is 0 Å². The first kappa shape index (κ1) is 22.8. The fourth-order valence-corrected chi connectivity index (χ4v) is 3.18. The second kappa shape index (κ2) is 10.4. The van der Waals surface area contributed by atoms with Crippen LogP contribution in [0.25, 0.3) is 0 Å². The van der Waals surface area contributed by atoms with E-state index in [0.29, 0.717) is 49.2 Å². The molecule has 0 atom stereocenters. The number of rotatable bonds is 8. The summed E-state index contributed by atoms with van der Waals surface area (Å²) in [6, 6.07) is 8.81. The topological polar surface area (TPSA) is 129 Å². The van der Waals surface area contributed by atoms with Crippen LogP contribution in [0.15, 0.2) is 36.4 Å². The van der Waals surface area contributed by atoms with Crippen LogP contribution in [-0.2, 0) is 14.3 Å². The standard InChI is InChI=1S/C21H23N3O8/c1-29-15-4-5-17(19(12-15)30-2)22-20(25)13-32-21(26)16-11-14(24(27)28)3-6-18(16)23-7-9-31-10-8-23/h3-6,11-12H,7-10,13H2,1-2H3,(H,22,25). The molecule has 2 aromatic carbocycles. The highest BCUT2D eigenvalue weighted by molar-refractivity contribution is 5.99. The molecule has 0 spiro atoms. The van der Waals surface area contributed by atoms with E-state index < -0.39 is 23.4 Å². The quantitative estimate of drug-likeness (QED) is 0.369. The van der Waals surface area contributed by atoms with Crippen LogP contribution in [0.5, 0.6) is 11.5 Å². The number of nitro groups is 1. The molecule has 1 amide bonds. The van der Waals surface area contributed by atoms with Crippen LogP contribution in [-0.4, -0.2) is 63.9 Å². The van der Waals surface area contributed by atoms with E-state index in [9.17, 15) is 19.7 Å². The van der Waals surface area contributed by atoms with Crippen LogP contribution in [0.3, 0.4) is 0 Å². The van der Waals surface area contributed by atoms with Crippen molar-refractivity contribution in [2.75, 3.05) is 57.3 Å². The Morgan fingerprint density at radius 1 is 1.12 bits per heavy atom. The van der Waals surface area contributed by atoms with Crippen LogP contribution in [0, 0.1) is 10.1 Å². The molecule has 32 heavy (non-hydrogen) atoms. The zero-order chi connectivity index (χ0) is 23.1. The summed E-state index contributed by atoms with van der Waals surface area (Å²) in [7, 11) is 2.95. The average Bonchev–Trinajstić information content (AvgIpc) is 2.82. The molecule has 0 aromatic heterocycles. The molecule has 1 heterocycles. The lowest BCUT2D eigenvalue weighted by Crippen LogP contribution is -2.37. The lowest BCUT2D eigenvalue weighted by atomic mass is 10.1. The van der Waals surface area contributed by atoms with Crippen molar-refractivity contribution in [3.63, 3.8) is 0 Å². The molecule has 11 heteroatoms. The minimum Gasteiger partial charge on any atom is -0.497 e. The third kappa shape index (κ3) is 5.43. The highest BCUT2D eigenvalue weighted by Crippen LogP contribution is 2.29. The Labute approximate surface area is 184 Å². The maximum Gasteiger partial charge on any atom is 0.341 e. The summed E-state index contributed by atoms with van der Waals surface area (Å²) in [6.07, 6.45) is 0. The Balaban J connectivity index is 1.71. The summed E-state index contributed by atoms with van der Waals surface area (Å²) in [4.78, 5) is 37.5. The van der Waals surface area contributed by atoms with Crippen molar-refractivity contribution in [3.05, 3.63) is 52.1 Å². The van der Waals surface area contributed by atoms with Crippen LogP contribution >= 0.6 is 0 Å². The predicted molar refractivity (Wildman–Crippen MR) is 115 cm³/mol. The van der Waals surface area contributed by atoms with E-state index >= 15 is 0 Å².